The van der Waals surface area contributed by atoms with Crippen molar-refractivity contribution in [3.8, 4) is 6.07 Å². The fourth-order valence-corrected chi connectivity index (χ4v) is 0.935. The Morgan fingerprint density at radius 3 is 2.23 bits per heavy atom. The summed E-state index contributed by atoms with van der Waals surface area (Å²) < 4.78 is 0. The van der Waals surface area contributed by atoms with Gasteiger partial charge in [-0.3, -0.25) is 4.99 Å². The van der Waals surface area contributed by atoms with Crippen molar-refractivity contribution < 1.29 is 0 Å². The van der Waals surface area contributed by atoms with Crippen LogP contribution in [0.15, 0.2) is 16.1 Å². The van der Waals surface area contributed by atoms with Crippen molar-refractivity contribution in [2.45, 2.75) is 47.1 Å². The predicted octanol–water partition coefficient (Wildman–Crippen LogP) is 3.11. The van der Waals surface area contributed by atoms with Gasteiger partial charge < -0.3 is 0 Å². The zero-order chi connectivity index (χ0) is 10.4. The molecule has 0 rings (SSSR count). The van der Waals surface area contributed by atoms with Gasteiger partial charge in [0.1, 0.15) is 11.8 Å². The summed E-state index contributed by atoms with van der Waals surface area (Å²) in [6.45, 7) is 10.0. The Balaban J connectivity index is 4.93. The molecule has 0 N–H and O–H groups in total. The first-order valence-electron chi connectivity index (χ1n) is 4.67. The molecule has 0 aromatic rings. The smallest absolute Gasteiger partial charge is 0.138 e. The monoisotopic (exact) mass is 178 g/mol. The van der Waals surface area contributed by atoms with Gasteiger partial charge >= 0.3 is 0 Å². The van der Waals surface area contributed by atoms with Gasteiger partial charge in [-0.15, -0.1) is 0 Å². The van der Waals surface area contributed by atoms with E-state index in [9.17, 15) is 0 Å². The number of hydrogen-bond donors (Lipinski definition) is 0. The maximum atomic E-state index is 8.87. The van der Waals surface area contributed by atoms with Crippen LogP contribution < -0.4 is 0 Å². The molecular weight excluding hydrogens is 160 g/mol. The number of nitriles is 1. The van der Waals surface area contributed by atoms with Gasteiger partial charge in [0.15, 0.2) is 0 Å². The largest absolute Gasteiger partial charge is 0.271 e. The first-order valence-corrected chi connectivity index (χ1v) is 4.67. The summed E-state index contributed by atoms with van der Waals surface area (Å²) in [6, 6.07) is 2.33. The summed E-state index contributed by atoms with van der Waals surface area (Å²) in [5.41, 5.74) is 2.84. The van der Waals surface area contributed by atoms with Crippen LogP contribution in [0.25, 0.3) is 0 Å². The molecule has 0 spiro atoms. The third-order valence-electron chi connectivity index (χ3n) is 2.02. The van der Waals surface area contributed by atoms with Gasteiger partial charge in [-0.05, 0) is 39.7 Å². The molecule has 0 radical (unpaired) electrons. The van der Waals surface area contributed by atoms with E-state index < -0.39 is 0 Å². The third kappa shape index (κ3) is 3.89. The minimum atomic E-state index is 0.189. The van der Waals surface area contributed by atoms with Gasteiger partial charge in [0, 0.05) is 6.04 Å². The van der Waals surface area contributed by atoms with Crippen LogP contribution >= 0.6 is 0 Å². The van der Waals surface area contributed by atoms with Crippen molar-refractivity contribution in [3.05, 3.63) is 11.1 Å². The lowest BCUT2D eigenvalue weighted by Crippen LogP contribution is -2.03. The molecule has 0 unspecified atom stereocenters. The molecule has 0 aliphatic heterocycles. The van der Waals surface area contributed by atoms with Gasteiger partial charge in [0.2, 0.25) is 0 Å². The second kappa shape index (κ2) is 5.53. The van der Waals surface area contributed by atoms with Crippen molar-refractivity contribution in [1.82, 2.24) is 0 Å². The Hall–Kier alpha value is -1.10. The molecule has 0 aliphatic rings. The fourth-order valence-electron chi connectivity index (χ4n) is 0.935. The van der Waals surface area contributed by atoms with E-state index in [1.165, 1.54) is 5.57 Å². The Kier molecular flexibility index (Phi) is 5.06. The summed E-state index contributed by atoms with van der Waals surface area (Å²) >= 11 is 0. The average molecular weight is 178 g/mol. The zero-order valence-electron chi connectivity index (χ0n) is 9.18. The quantitative estimate of drug-likeness (QED) is 0.612. The van der Waals surface area contributed by atoms with Gasteiger partial charge in [-0.25, -0.2) is 0 Å². The van der Waals surface area contributed by atoms with E-state index in [1.807, 2.05) is 27.7 Å². The van der Waals surface area contributed by atoms with Gasteiger partial charge in [0.25, 0.3) is 0 Å². The number of allylic oxidation sites excluding steroid dienone is 2. The molecule has 2 nitrogen and oxygen atoms in total. The van der Waals surface area contributed by atoms with E-state index in [4.69, 9.17) is 5.26 Å². The molecule has 72 valence electrons. The number of hydrogen-bond acceptors (Lipinski definition) is 2. The Bertz CT molecular complexity index is 264. The van der Waals surface area contributed by atoms with Crippen molar-refractivity contribution in [2.75, 3.05) is 0 Å². The van der Waals surface area contributed by atoms with E-state index in [2.05, 4.69) is 18.0 Å². The van der Waals surface area contributed by atoms with Crippen LogP contribution in [0.3, 0.4) is 0 Å². The second-order valence-corrected chi connectivity index (χ2v) is 3.44. The molecule has 0 heterocycles. The topological polar surface area (TPSA) is 36.1 Å². The second-order valence-electron chi connectivity index (χ2n) is 3.44. The Morgan fingerprint density at radius 2 is 1.92 bits per heavy atom. The predicted molar refractivity (Wildman–Crippen MR) is 56.8 cm³/mol. The summed E-state index contributed by atoms with van der Waals surface area (Å²) in [4.78, 5) is 4.26. The molecule has 0 saturated carbocycles. The van der Waals surface area contributed by atoms with Crippen LogP contribution in [-0.2, 0) is 0 Å². The van der Waals surface area contributed by atoms with E-state index in [0.717, 1.165) is 12.0 Å². The Labute approximate surface area is 81.0 Å². The van der Waals surface area contributed by atoms with E-state index in [0.29, 0.717) is 5.71 Å². The zero-order valence-corrected chi connectivity index (χ0v) is 9.18. The van der Waals surface area contributed by atoms with E-state index >= 15 is 0 Å². The lowest BCUT2D eigenvalue weighted by molar-refractivity contribution is 0.836. The van der Waals surface area contributed by atoms with Crippen molar-refractivity contribution in [3.63, 3.8) is 0 Å². The van der Waals surface area contributed by atoms with Crippen LogP contribution in [-0.4, -0.2) is 11.8 Å². The van der Waals surface area contributed by atoms with Crippen LogP contribution in [0.1, 0.15) is 41.0 Å². The lowest BCUT2D eigenvalue weighted by atomic mass is 10.1. The van der Waals surface area contributed by atoms with Crippen LogP contribution in [0.4, 0.5) is 0 Å². The van der Waals surface area contributed by atoms with Crippen molar-refractivity contribution in [2.24, 2.45) is 4.99 Å². The normalized spacial score (nSPS) is 14.1. The fraction of sp³-hybridized carbons (Fsp3) is 0.636. The minimum absolute atomic E-state index is 0.189. The minimum Gasteiger partial charge on any atom is -0.271 e. The lowest BCUT2D eigenvalue weighted by Gasteiger charge is -2.04. The molecule has 0 aromatic carbocycles. The Morgan fingerprint density at radius 1 is 1.38 bits per heavy atom. The first kappa shape index (κ1) is 11.9. The van der Waals surface area contributed by atoms with Crippen LogP contribution in [0.5, 0.6) is 0 Å². The highest BCUT2D eigenvalue weighted by Crippen LogP contribution is 2.09. The molecule has 0 aromatic heterocycles. The molecule has 2 heteroatoms. The molecule has 0 saturated heterocycles. The summed E-state index contributed by atoms with van der Waals surface area (Å²) in [5.74, 6) is 0. The molecule has 0 bridgehead atoms. The van der Waals surface area contributed by atoms with Crippen molar-refractivity contribution >= 4 is 5.71 Å². The highest BCUT2D eigenvalue weighted by molar-refractivity contribution is 6.11. The van der Waals surface area contributed by atoms with E-state index in [1.54, 1.807) is 0 Å². The molecule has 0 aliphatic carbocycles. The maximum Gasteiger partial charge on any atom is 0.138 e. The summed E-state index contributed by atoms with van der Waals surface area (Å²) in [5, 5.41) is 8.87. The standard InChI is InChI=1S/C11H18N2/c1-6-9(4)10(5)11(7-12)13-8(2)3/h8H,6H2,1-5H3/b10-9+,13-11?. The molecule has 13 heavy (non-hydrogen) atoms. The molecule has 0 fully saturated rings. The maximum absolute atomic E-state index is 8.87. The van der Waals surface area contributed by atoms with Gasteiger partial charge in [0.05, 0.1) is 0 Å². The SMILES string of the molecule is CC/C(C)=C(\C)C(C#N)=NC(C)C. The number of aliphatic imine (C=N–C) groups is 1. The highest BCUT2D eigenvalue weighted by atomic mass is 14.8. The highest BCUT2D eigenvalue weighted by Gasteiger charge is 2.04. The van der Waals surface area contributed by atoms with Crippen LogP contribution in [0, 0.1) is 11.3 Å². The number of nitrogens with zero attached hydrogens (tertiary/aromatic N) is 2. The van der Waals surface area contributed by atoms with E-state index in [-0.39, 0.29) is 6.04 Å². The molecule has 0 atom stereocenters. The summed E-state index contributed by atoms with van der Waals surface area (Å²) in [7, 11) is 0. The molecule has 0 amide bonds. The average Bonchev–Trinajstić information content (AvgIpc) is 2.11. The van der Waals surface area contributed by atoms with Gasteiger partial charge in [-0.2, -0.15) is 5.26 Å². The first-order chi connectivity index (χ1) is 6.02. The summed E-state index contributed by atoms with van der Waals surface area (Å²) in [6.07, 6.45) is 0.977. The third-order valence-corrected chi connectivity index (χ3v) is 2.02. The van der Waals surface area contributed by atoms with Crippen molar-refractivity contribution in [1.29, 1.82) is 5.26 Å². The van der Waals surface area contributed by atoms with Gasteiger partial charge in [-0.1, -0.05) is 12.5 Å². The number of rotatable bonds is 3. The van der Waals surface area contributed by atoms with Crippen LogP contribution in [0.2, 0.25) is 0 Å². The molecular formula is C11H18N2.